The lowest BCUT2D eigenvalue weighted by atomic mass is 10.2. The molecule has 0 heterocycles. The van der Waals surface area contributed by atoms with Crippen LogP contribution in [0.25, 0.3) is 0 Å². The Kier molecular flexibility index (Phi) is 6.08. The Morgan fingerprint density at radius 2 is 1.86 bits per heavy atom. The molecule has 3 N–H and O–H groups in total. The monoisotopic (exact) mass is 216 g/mol. The molecule has 1 aromatic carbocycles. The lowest BCUT2D eigenvalue weighted by Crippen LogP contribution is -2.07. The number of hydrogen-bond acceptors (Lipinski definition) is 3. The Hall–Kier alpha value is -0.930. The number of anilines is 1. The first-order valence-corrected chi connectivity index (χ1v) is 4.42. The van der Waals surface area contributed by atoms with Gasteiger partial charge in [-0.25, -0.2) is 0 Å². The molecule has 0 aliphatic carbocycles. The van der Waals surface area contributed by atoms with Crippen molar-refractivity contribution >= 4 is 18.1 Å². The summed E-state index contributed by atoms with van der Waals surface area (Å²) in [4.78, 5) is 0. The molecule has 14 heavy (non-hydrogen) atoms. The van der Waals surface area contributed by atoms with Crippen LogP contribution in [0.15, 0.2) is 24.3 Å². The first kappa shape index (κ1) is 13.1. The second-order valence-corrected chi connectivity index (χ2v) is 3.37. The van der Waals surface area contributed by atoms with Crippen molar-refractivity contribution in [2.45, 2.75) is 13.8 Å². The van der Waals surface area contributed by atoms with Crippen molar-refractivity contribution in [1.29, 1.82) is 0 Å². The van der Waals surface area contributed by atoms with E-state index in [4.69, 9.17) is 10.6 Å². The van der Waals surface area contributed by atoms with Crippen molar-refractivity contribution in [3.05, 3.63) is 24.3 Å². The van der Waals surface area contributed by atoms with Gasteiger partial charge in [-0.3, -0.25) is 5.84 Å². The molecule has 0 bridgehead atoms. The Morgan fingerprint density at radius 1 is 1.29 bits per heavy atom. The second-order valence-electron chi connectivity index (χ2n) is 3.37. The molecule has 0 atom stereocenters. The lowest BCUT2D eigenvalue weighted by molar-refractivity contribution is 0.271. The van der Waals surface area contributed by atoms with E-state index in [-0.39, 0.29) is 12.4 Å². The predicted octanol–water partition coefficient (Wildman–Crippen LogP) is 2.43. The third-order valence-corrected chi connectivity index (χ3v) is 1.60. The molecule has 0 amide bonds. The average Bonchev–Trinajstić information content (AvgIpc) is 2.15. The van der Waals surface area contributed by atoms with Crippen molar-refractivity contribution in [1.82, 2.24) is 0 Å². The van der Waals surface area contributed by atoms with Crippen molar-refractivity contribution in [2.75, 3.05) is 12.0 Å². The van der Waals surface area contributed by atoms with Crippen LogP contribution in [0, 0.1) is 5.92 Å². The summed E-state index contributed by atoms with van der Waals surface area (Å²) in [6.07, 6.45) is 0. The largest absolute Gasteiger partial charge is 0.493 e. The molecule has 0 aliphatic rings. The van der Waals surface area contributed by atoms with Crippen LogP contribution < -0.4 is 16.0 Å². The molecule has 0 saturated heterocycles. The fourth-order valence-corrected chi connectivity index (χ4v) is 0.910. The zero-order valence-corrected chi connectivity index (χ0v) is 9.30. The van der Waals surface area contributed by atoms with E-state index in [1.165, 1.54) is 0 Å². The third-order valence-electron chi connectivity index (χ3n) is 1.60. The number of benzene rings is 1. The quantitative estimate of drug-likeness (QED) is 0.600. The summed E-state index contributed by atoms with van der Waals surface area (Å²) in [6, 6.07) is 7.57. The number of hydrazine groups is 1. The molecule has 80 valence electrons. The van der Waals surface area contributed by atoms with Crippen molar-refractivity contribution < 1.29 is 4.74 Å². The Bertz CT molecular complexity index is 249. The Morgan fingerprint density at radius 3 is 2.29 bits per heavy atom. The van der Waals surface area contributed by atoms with Gasteiger partial charge in [-0.05, 0) is 30.2 Å². The summed E-state index contributed by atoms with van der Waals surface area (Å²) >= 11 is 0. The van der Waals surface area contributed by atoms with Gasteiger partial charge in [0.05, 0.1) is 6.61 Å². The minimum absolute atomic E-state index is 0. The highest BCUT2D eigenvalue weighted by molar-refractivity contribution is 5.85. The van der Waals surface area contributed by atoms with Gasteiger partial charge in [-0.2, -0.15) is 0 Å². The van der Waals surface area contributed by atoms with Gasteiger partial charge < -0.3 is 10.2 Å². The van der Waals surface area contributed by atoms with Crippen LogP contribution in [0.3, 0.4) is 0 Å². The zero-order valence-electron chi connectivity index (χ0n) is 8.49. The van der Waals surface area contributed by atoms with Crippen LogP contribution in [0.4, 0.5) is 5.69 Å². The maximum Gasteiger partial charge on any atom is 0.119 e. The number of nitrogens with one attached hydrogen (secondary N) is 1. The standard InChI is InChI=1S/C10H16N2O.ClH/c1-8(2)7-13-10-5-3-9(12-11)4-6-10;/h3-6,8,12H,7,11H2,1-2H3;1H. The molecule has 0 aromatic heterocycles. The number of ether oxygens (including phenoxy) is 1. The highest BCUT2D eigenvalue weighted by Crippen LogP contribution is 2.15. The summed E-state index contributed by atoms with van der Waals surface area (Å²) in [5.41, 5.74) is 3.45. The molecule has 0 saturated carbocycles. The molecule has 0 unspecified atom stereocenters. The van der Waals surface area contributed by atoms with Gasteiger partial charge >= 0.3 is 0 Å². The Labute approximate surface area is 91.0 Å². The minimum atomic E-state index is 0. The summed E-state index contributed by atoms with van der Waals surface area (Å²) in [6.45, 7) is 4.99. The van der Waals surface area contributed by atoms with Crippen LogP contribution in [0.2, 0.25) is 0 Å². The van der Waals surface area contributed by atoms with Crippen molar-refractivity contribution in [3.8, 4) is 5.75 Å². The van der Waals surface area contributed by atoms with E-state index in [2.05, 4.69) is 19.3 Å². The van der Waals surface area contributed by atoms with E-state index in [1.807, 2.05) is 24.3 Å². The topological polar surface area (TPSA) is 47.3 Å². The first-order valence-electron chi connectivity index (χ1n) is 4.42. The van der Waals surface area contributed by atoms with Gasteiger partial charge in [0.1, 0.15) is 5.75 Å². The van der Waals surface area contributed by atoms with Gasteiger partial charge in [0.2, 0.25) is 0 Å². The van der Waals surface area contributed by atoms with Gasteiger partial charge in [0.15, 0.2) is 0 Å². The summed E-state index contributed by atoms with van der Waals surface area (Å²) in [7, 11) is 0. The molecule has 4 heteroatoms. The molecule has 1 rings (SSSR count). The minimum Gasteiger partial charge on any atom is -0.493 e. The number of halogens is 1. The number of nitrogens with two attached hydrogens (primary N) is 1. The molecule has 0 aliphatic heterocycles. The SMILES string of the molecule is CC(C)COc1ccc(NN)cc1.Cl. The van der Waals surface area contributed by atoms with Gasteiger partial charge in [0, 0.05) is 5.69 Å². The highest BCUT2D eigenvalue weighted by Gasteiger charge is 1.96. The van der Waals surface area contributed by atoms with Crippen LogP contribution in [0.5, 0.6) is 5.75 Å². The fourth-order valence-electron chi connectivity index (χ4n) is 0.910. The van der Waals surface area contributed by atoms with Gasteiger partial charge in [-0.1, -0.05) is 13.8 Å². The molecule has 1 aromatic rings. The summed E-state index contributed by atoms with van der Waals surface area (Å²) in [5, 5.41) is 0. The summed E-state index contributed by atoms with van der Waals surface area (Å²) < 4.78 is 5.50. The Balaban J connectivity index is 0.00000169. The van der Waals surface area contributed by atoms with Crippen LogP contribution >= 0.6 is 12.4 Å². The number of rotatable bonds is 4. The van der Waals surface area contributed by atoms with Crippen LogP contribution in [-0.4, -0.2) is 6.61 Å². The second kappa shape index (κ2) is 6.51. The lowest BCUT2D eigenvalue weighted by Gasteiger charge is -2.08. The van der Waals surface area contributed by atoms with E-state index in [9.17, 15) is 0 Å². The van der Waals surface area contributed by atoms with Crippen LogP contribution in [-0.2, 0) is 0 Å². The smallest absolute Gasteiger partial charge is 0.119 e. The predicted molar refractivity (Wildman–Crippen MR) is 61.8 cm³/mol. The third kappa shape index (κ3) is 4.35. The van der Waals surface area contributed by atoms with E-state index < -0.39 is 0 Å². The maximum absolute atomic E-state index is 5.50. The fraction of sp³-hybridized carbons (Fsp3) is 0.400. The molecule has 0 spiro atoms. The van der Waals surface area contributed by atoms with E-state index in [1.54, 1.807) is 0 Å². The molecule has 0 fully saturated rings. The first-order chi connectivity index (χ1) is 6.22. The van der Waals surface area contributed by atoms with E-state index in [0.717, 1.165) is 18.0 Å². The summed E-state index contributed by atoms with van der Waals surface area (Å²) in [5.74, 6) is 6.66. The van der Waals surface area contributed by atoms with E-state index >= 15 is 0 Å². The van der Waals surface area contributed by atoms with Crippen LogP contribution in [0.1, 0.15) is 13.8 Å². The maximum atomic E-state index is 5.50. The normalized spacial score (nSPS) is 9.43. The molecule has 3 nitrogen and oxygen atoms in total. The number of hydrogen-bond donors (Lipinski definition) is 2. The van der Waals surface area contributed by atoms with Crippen molar-refractivity contribution in [2.24, 2.45) is 11.8 Å². The molecule has 0 radical (unpaired) electrons. The van der Waals surface area contributed by atoms with Crippen molar-refractivity contribution in [3.63, 3.8) is 0 Å². The highest BCUT2D eigenvalue weighted by atomic mass is 35.5. The number of nitrogen functional groups attached to an aromatic ring is 1. The molecular weight excluding hydrogens is 200 g/mol. The van der Waals surface area contributed by atoms with Gasteiger partial charge in [0.25, 0.3) is 0 Å². The zero-order chi connectivity index (χ0) is 9.68. The van der Waals surface area contributed by atoms with E-state index in [0.29, 0.717) is 5.92 Å². The average molecular weight is 217 g/mol. The van der Waals surface area contributed by atoms with Gasteiger partial charge in [-0.15, -0.1) is 12.4 Å². The molecular formula is C10H17ClN2O.